The summed E-state index contributed by atoms with van der Waals surface area (Å²) < 4.78 is 0. The highest BCUT2D eigenvalue weighted by Crippen LogP contribution is 2.41. The molecule has 1 fully saturated rings. The molecule has 178 valence electrons. The fourth-order valence-electron chi connectivity index (χ4n) is 3.29. The van der Waals surface area contributed by atoms with E-state index in [1.54, 1.807) is 6.07 Å². The summed E-state index contributed by atoms with van der Waals surface area (Å²) in [6.45, 7) is 0. The predicted molar refractivity (Wildman–Crippen MR) is 127 cm³/mol. The van der Waals surface area contributed by atoms with Crippen LogP contribution in [-0.4, -0.2) is 78.5 Å². The maximum absolute atomic E-state index is 12.9. The first-order valence-corrected chi connectivity index (χ1v) is 12.5. The lowest BCUT2D eigenvalue weighted by molar-refractivity contribution is -0.150. The Kier molecular flexibility index (Phi) is 6.90. The average Bonchev–Trinajstić information content (AvgIpc) is 3.24. The van der Waals surface area contributed by atoms with Gasteiger partial charge in [-0.2, -0.15) is 0 Å². The summed E-state index contributed by atoms with van der Waals surface area (Å²) in [5.41, 5.74) is 11.7. The quantitative estimate of drug-likeness (QED) is 0.119. The Morgan fingerprint density at radius 2 is 2.21 bits per heavy atom. The van der Waals surface area contributed by atoms with Crippen LogP contribution in [-0.2, 0) is 19.2 Å². The molecule has 13 nitrogen and oxygen atoms in total. The Hall–Kier alpha value is -3.37. The van der Waals surface area contributed by atoms with Gasteiger partial charge in [0.25, 0.3) is 11.8 Å². The van der Waals surface area contributed by atoms with Crippen molar-refractivity contribution in [2.45, 2.75) is 16.4 Å². The number of hydrogen-bond donors (Lipinski definition) is 4. The number of nitrogens with one attached hydrogen (secondary N) is 1. The second kappa shape index (κ2) is 9.86. The molecule has 2 amide bonds. The minimum absolute atomic E-state index is 0.0909. The van der Waals surface area contributed by atoms with Crippen molar-refractivity contribution in [1.29, 1.82) is 0 Å². The van der Waals surface area contributed by atoms with Crippen LogP contribution in [0.25, 0.3) is 0 Å². The topological polar surface area (TPSA) is 199 Å². The van der Waals surface area contributed by atoms with E-state index in [9.17, 15) is 19.5 Å². The predicted octanol–water partition coefficient (Wildman–Crippen LogP) is -0.0211. The van der Waals surface area contributed by atoms with Crippen LogP contribution >= 0.6 is 34.9 Å². The van der Waals surface area contributed by atoms with Crippen molar-refractivity contribution in [3.05, 3.63) is 34.6 Å². The first-order chi connectivity index (χ1) is 16.3. The second-order valence-electron chi connectivity index (χ2n) is 6.85. The number of nitrogens with zero attached hydrogens (tertiary/aromatic N) is 5. The lowest BCUT2D eigenvalue weighted by atomic mass is 10.0. The maximum Gasteiger partial charge on any atom is 0.352 e. The van der Waals surface area contributed by atoms with E-state index in [4.69, 9.17) is 16.3 Å². The van der Waals surface area contributed by atoms with Gasteiger partial charge in [-0.15, -0.1) is 34.9 Å². The van der Waals surface area contributed by atoms with Crippen molar-refractivity contribution in [2.24, 2.45) is 5.16 Å². The van der Waals surface area contributed by atoms with Gasteiger partial charge in [0, 0.05) is 23.1 Å². The summed E-state index contributed by atoms with van der Waals surface area (Å²) in [4.78, 5) is 55.6. The molecule has 2 aliphatic rings. The van der Waals surface area contributed by atoms with Crippen LogP contribution in [0.4, 0.5) is 11.1 Å². The van der Waals surface area contributed by atoms with Crippen LogP contribution in [0.2, 0.25) is 0 Å². The molecule has 0 saturated carbocycles. The van der Waals surface area contributed by atoms with Crippen molar-refractivity contribution in [1.82, 2.24) is 25.2 Å². The minimum atomic E-state index is -1.22. The molecule has 16 heteroatoms. The number of nitrogen functional groups attached to an aromatic ring is 2. The summed E-state index contributed by atoms with van der Waals surface area (Å²) in [7, 11) is 1.27. The number of aromatic nitrogens is 3. The first-order valence-electron chi connectivity index (χ1n) is 9.54. The van der Waals surface area contributed by atoms with Gasteiger partial charge in [0.15, 0.2) is 10.8 Å². The lowest BCUT2D eigenvalue weighted by Crippen LogP contribution is -2.71. The number of aliphatic carboxylic acids is 1. The maximum atomic E-state index is 12.9. The van der Waals surface area contributed by atoms with Gasteiger partial charge in [-0.05, 0) is 11.6 Å². The molecule has 2 atom stereocenters. The number of hydrogen-bond acceptors (Lipinski definition) is 13. The third-order valence-corrected chi connectivity index (χ3v) is 7.77. The minimum Gasteiger partial charge on any atom is -0.477 e. The summed E-state index contributed by atoms with van der Waals surface area (Å²) in [5, 5.41) is 17.9. The molecule has 4 rings (SSSR count). The van der Waals surface area contributed by atoms with Crippen LogP contribution in [0.1, 0.15) is 5.69 Å². The number of anilines is 2. The number of fused-ring (bicyclic) bond motifs is 1. The Morgan fingerprint density at radius 3 is 2.85 bits per heavy atom. The molecule has 1 saturated heterocycles. The molecule has 2 aromatic rings. The summed E-state index contributed by atoms with van der Waals surface area (Å²) in [5.74, 6) is -1.67. The average molecular weight is 523 g/mol. The number of rotatable bonds is 8. The zero-order valence-electron chi connectivity index (χ0n) is 17.5. The van der Waals surface area contributed by atoms with Crippen LogP contribution in [0.5, 0.6) is 0 Å². The fraction of sp³-hybridized carbons (Fsp3) is 0.278. The number of thioether (sulfide) groups is 2. The molecular formula is C18H18N8O5S3. The van der Waals surface area contributed by atoms with E-state index in [1.807, 2.05) is 0 Å². The number of nitrogens with two attached hydrogens (primary N) is 2. The van der Waals surface area contributed by atoms with Crippen molar-refractivity contribution in [3.63, 3.8) is 0 Å². The van der Waals surface area contributed by atoms with Crippen molar-refractivity contribution in [3.8, 4) is 0 Å². The number of carbonyl (C=O) groups excluding carboxylic acids is 2. The molecule has 2 aliphatic heterocycles. The van der Waals surface area contributed by atoms with Crippen LogP contribution < -0.4 is 16.8 Å². The van der Waals surface area contributed by atoms with Gasteiger partial charge < -0.3 is 26.7 Å². The molecule has 6 N–H and O–H groups in total. The molecule has 4 heterocycles. The second-order valence-corrected chi connectivity index (χ2v) is 9.84. The standard InChI is InChI=1S/C18H18N8O5S3/c1-31-25-10(8-6-34-18(20)22-8)13(27)24-11-14(28)26-12(16(29)30)7(5-33-15(11)26)4-32-9-2-3-21-17(19)23-9/h2-3,6,11,15H,4-5H2,1H3,(H2,20,22)(H,24,27)(H,29,30)(H2,19,21,23)/t11-,15+/m1/s1. The number of amides is 2. The van der Waals surface area contributed by atoms with E-state index in [0.29, 0.717) is 22.1 Å². The highest BCUT2D eigenvalue weighted by molar-refractivity contribution is 8.01. The van der Waals surface area contributed by atoms with Crippen LogP contribution in [0, 0.1) is 0 Å². The number of carboxylic acids is 1. The smallest absolute Gasteiger partial charge is 0.352 e. The number of thiazole rings is 1. The van der Waals surface area contributed by atoms with E-state index in [-0.39, 0.29) is 28.2 Å². The van der Waals surface area contributed by atoms with E-state index in [1.165, 1.54) is 47.1 Å². The molecule has 0 aromatic carbocycles. The molecule has 34 heavy (non-hydrogen) atoms. The highest BCUT2D eigenvalue weighted by Gasteiger charge is 2.54. The largest absolute Gasteiger partial charge is 0.477 e. The Bertz CT molecular complexity index is 1220. The third-order valence-electron chi connectivity index (χ3n) is 4.74. The van der Waals surface area contributed by atoms with Gasteiger partial charge in [0.1, 0.15) is 34.9 Å². The van der Waals surface area contributed by atoms with Gasteiger partial charge in [-0.1, -0.05) is 5.16 Å². The van der Waals surface area contributed by atoms with Crippen LogP contribution in [0.15, 0.2) is 39.1 Å². The number of carbonyl (C=O) groups is 3. The van der Waals surface area contributed by atoms with Gasteiger partial charge in [-0.25, -0.2) is 19.7 Å². The van der Waals surface area contributed by atoms with Crippen molar-refractivity contribution >= 4 is 69.4 Å². The summed E-state index contributed by atoms with van der Waals surface area (Å²) in [6.07, 6.45) is 1.51. The molecule has 0 radical (unpaired) electrons. The van der Waals surface area contributed by atoms with Crippen molar-refractivity contribution < 1.29 is 24.3 Å². The molecule has 0 aliphatic carbocycles. The summed E-state index contributed by atoms with van der Waals surface area (Å²) in [6, 6.07) is 0.733. The Balaban J connectivity index is 1.49. The van der Waals surface area contributed by atoms with E-state index in [0.717, 1.165) is 11.3 Å². The normalized spacial score (nSPS) is 20.0. The van der Waals surface area contributed by atoms with E-state index < -0.39 is 29.2 Å². The van der Waals surface area contributed by atoms with Crippen LogP contribution in [0.3, 0.4) is 0 Å². The Labute approximate surface area is 205 Å². The number of β-lactam (4-membered cyclic amide) rings is 1. The first kappa shape index (κ1) is 23.8. The van der Waals surface area contributed by atoms with E-state index >= 15 is 0 Å². The number of oxime groups is 1. The van der Waals surface area contributed by atoms with Gasteiger partial charge in [-0.3, -0.25) is 14.5 Å². The molecule has 0 unspecified atom stereocenters. The fourth-order valence-corrected chi connectivity index (χ4v) is 6.19. The highest BCUT2D eigenvalue weighted by atomic mass is 32.2. The van der Waals surface area contributed by atoms with E-state index in [2.05, 4.69) is 25.4 Å². The third kappa shape index (κ3) is 4.64. The van der Waals surface area contributed by atoms with Gasteiger partial charge in [0.2, 0.25) is 5.95 Å². The number of carboxylic acid groups (broad SMARTS) is 1. The molecule has 0 bridgehead atoms. The molecule has 2 aromatic heterocycles. The van der Waals surface area contributed by atoms with Gasteiger partial charge in [0.05, 0.1) is 0 Å². The SMILES string of the molecule is CON=C(C(=O)N[C@@H]1C(=O)N2C(C(=O)O)=C(CSc3ccnc(N)n3)CS[C@@H]12)c1csc(N)n1. The zero-order chi connectivity index (χ0) is 24.4. The monoisotopic (exact) mass is 522 g/mol. The Morgan fingerprint density at radius 1 is 1.41 bits per heavy atom. The molecular weight excluding hydrogens is 504 g/mol. The zero-order valence-corrected chi connectivity index (χ0v) is 19.9. The van der Waals surface area contributed by atoms with Crippen molar-refractivity contribution in [2.75, 3.05) is 30.1 Å². The lowest BCUT2D eigenvalue weighted by Gasteiger charge is -2.49. The molecule has 0 spiro atoms. The van der Waals surface area contributed by atoms with Gasteiger partial charge >= 0.3 is 5.97 Å². The summed E-state index contributed by atoms with van der Waals surface area (Å²) >= 11 is 3.77.